The number of hydrogen-bond donors (Lipinski definition) is 2. The lowest BCUT2D eigenvalue weighted by atomic mass is 10.0. The van der Waals surface area contributed by atoms with Crippen LogP contribution in [-0.2, 0) is 33.4 Å². The first-order valence-electron chi connectivity index (χ1n) is 19.6. The topological polar surface area (TPSA) is 128 Å². The summed E-state index contributed by atoms with van der Waals surface area (Å²) >= 11 is 1.50. The quantitative estimate of drug-likeness (QED) is 0.0375. The normalized spacial score (nSPS) is 11.3. The molecular formula is C39H75NO8S. The number of aliphatic hydroxyl groups is 1. The highest BCUT2D eigenvalue weighted by molar-refractivity contribution is 7.99. The monoisotopic (exact) mass is 718 g/mol. The van der Waals surface area contributed by atoms with E-state index in [0.717, 1.165) is 39.2 Å². The smallest absolute Gasteiger partial charge is 0.325 e. The zero-order valence-electron chi connectivity index (χ0n) is 32.0. The Morgan fingerprint density at radius 1 is 0.592 bits per heavy atom. The summed E-state index contributed by atoms with van der Waals surface area (Å²) in [5, 5.41) is 9.50. The fourth-order valence-corrected chi connectivity index (χ4v) is 6.21. The lowest BCUT2D eigenvalue weighted by molar-refractivity contribution is -0.155. The number of aliphatic hydroxyl groups excluding tert-OH is 1. The molecule has 9 nitrogen and oxygen atoms in total. The van der Waals surface area contributed by atoms with Crippen LogP contribution in [0.25, 0.3) is 0 Å². The van der Waals surface area contributed by atoms with Crippen LogP contribution in [0.4, 0.5) is 0 Å². The van der Waals surface area contributed by atoms with Gasteiger partial charge < -0.3 is 24.6 Å². The molecule has 0 fully saturated rings. The standard InChI is InChI=1S/C38H71NO7S.CH4O/c1-4-6-8-10-12-14-15-16-17-19-21-23-25-27-36(41)46-34(26-24-22-20-18-13-11-9-7-5-2)32-37(42)45-29-31-47-30-28-35(40)39-33-38(43)44-3;1-2/h34H,4-33H2,1-3H3,(H,39,40);2H,1H3. The first-order chi connectivity index (χ1) is 23.9. The molecule has 0 saturated carbocycles. The first kappa shape index (κ1) is 49.3. The Bertz CT molecular complexity index is 767. The molecule has 0 rings (SSSR count). The van der Waals surface area contributed by atoms with E-state index in [1.165, 1.54) is 128 Å². The van der Waals surface area contributed by atoms with Crippen molar-refractivity contribution in [1.29, 1.82) is 0 Å². The molecule has 2 N–H and O–H groups in total. The van der Waals surface area contributed by atoms with Gasteiger partial charge in [0.25, 0.3) is 0 Å². The van der Waals surface area contributed by atoms with Crippen molar-refractivity contribution < 1.29 is 38.5 Å². The van der Waals surface area contributed by atoms with Crippen LogP contribution in [0, 0.1) is 0 Å². The molecule has 49 heavy (non-hydrogen) atoms. The molecule has 10 heteroatoms. The molecule has 0 aromatic rings. The van der Waals surface area contributed by atoms with Crippen LogP contribution in [0.5, 0.6) is 0 Å². The van der Waals surface area contributed by atoms with Crippen LogP contribution < -0.4 is 5.32 Å². The van der Waals surface area contributed by atoms with E-state index in [9.17, 15) is 19.2 Å². The minimum atomic E-state index is -0.487. The Balaban J connectivity index is 0. The van der Waals surface area contributed by atoms with Crippen molar-refractivity contribution in [2.75, 3.05) is 38.9 Å². The van der Waals surface area contributed by atoms with E-state index in [4.69, 9.17) is 14.6 Å². The van der Waals surface area contributed by atoms with Crippen molar-refractivity contribution >= 4 is 35.6 Å². The van der Waals surface area contributed by atoms with Gasteiger partial charge in [-0.15, -0.1) is 0 Å². The van der Waals surface area contributed by atoms with Crippen molar-refractivity contribution in [2.24, 2.45) is 0 Å². The molecule has 1 unspecified atom stereocenters. The summed E-state index contributed by atoms with van der Waals surface area (Å²) in [6.07, 6.45) is 28.3. The van der Waals surface area contributed by atoms with E-state index in [-0.39, 0.29) is 43.8 Å². The summed E-state index contributed by atoms with van der Waals surface area (Å²) in [4.78, 5) is 48.1. The minimum absolute atomic E-state index is 0.0853. The Morgan fingerprint density at radius 2 is 1.06 bits per heavy atom. The van der Waals surface area contributed by atoms with Gasteiger partial charge in [0, 0.05) is 31.5 Å². The number of nitrogens with one attached hydrogen (secondary N) is 1. The summed E-state index contributed by atoms with van der Waals surface area (Å²) in [5.41, 5.74) is 0. The van der Waals surface area contributed by atoms with Gasteiger partial charge in [-0.2, -0.15) is 11.8 Å². The van der Waals surface area contributed by atoms with Gasteiger partial charge >= 0.3 is 17.9 Å². The van der Waals surface area contributed by atoms with E-state index in [0.29, 0.717) is 24.3 Å². The molecule has 0 bridgehead atoms. The van der Waals surface area contributed by atoms with Gasteiger partial charge in [-0.3, -0.25) is 19.2 Å². The molecule has 290 valence electrons. The Labute approximate surface area is 304 Å². The van der Waals surface area contributed by atoms with Crippen molar-refractivity contribution in [2.45, 2.75) is 187 Å². The molecule has 0 aromatic heterocycles. The number of carbonyl (C=O) groups is 4. The third-order valence-electron chi connectivity index (χ3n) is 8.43. The van der Waals surface area contributed by atoms with Crippen molar-refractivity contribution in [3.05, 3.63) is 0 Å². The molecule has 1 amide bonds. The van der Waals surface area contributed by atoms with Crippen molar-refractivity contribution in [3.8, 4) is 0 Å². The Kier molecular flexibility index (Phi) is 40.9. The van der Waals surface area contributed by atoms with Crippen molar-refractivity contribution in [1.82, 2.24) is 5.32 Å². The zero-order valence-corrected chi connectivity index (χ0v) is 32.8. The molecule has 0 radical (unpaired) electrons. The molecule has 0 aliphatic heterocycles. The second kappa shape index (κ2) is 40.6. The van der Waals surface area contributed by atoms with E-state index in [2.05, 4.69) is 23.9 Å². The highest BCUT2D eigenvalue weighted by Crippen LogP contribution is 2.17. The van der Waals surface area contributed by atoms with Crippen LogP contribution in [0.15, 0.2) is 0 Å². The second-order valence-electron chi connectivity index (χ2n) is 12.9. The minimum Gasteiger partial charge on any atom is -0.468 e. The molecule has 0 aliphatic carbocycles. The lowest BCUT2D eigenvalue weighted by Gasteiger charge is -2.17. The highest BCUT2D eigenvalue weighted by Gasteiger charge is 2.19. The van der Waals surface area contributed by atoms with Crippen LogP contribution >= 0.6 is 11.8 Å². The first-order valence-corrected chi connectivity index (χ1v) is 20.8. The Morgan fingerprint density at radius 3 is 1.55 bits per heavy atom. The van der Waals surface area contributed by atoms with Crippen LogP contribution in [-0.4, -0.2) is 73.9 Å². The third kappa shape index (κ3) is 38.8. The van der Waals surface area contributed by atoms with Gasteiger partial charge in [-0.1, -0.05) is 142 Å². The maximum absolute atomic E-state index is 12.6. The number of thioether (sulfide) groups is 1. The number of esters is 3. The summed E-state index contributed by atoms with van der Waals surface area (Å²) < 4.78 is 15.7. The van der Waals surface area contributed by atoms with E-state index < -0.39 is 12.1 Å². The fraction of sp³-hybridized carbons (Fsp3) is 0.897. The summed E-state index contributed by atoms with van der Waals surface area (Å²) in [6, 6.07) is 0. The molecule has 0 spiro atoms. The average Bonchev–Trinajstić information content (AvgIpc) is 3.10. The fourth-order valence-electron chi connectivity index (χ4n) is 5.47. The van der Waals surface area contributed by atoms with Crippen LogP contribution in [0.1, 0.15) is 181 Å². The number of hydrogen-bond acceptors (Lipinski definition) is 9. The number of ether oxygens (including phenoxy) is 3. The largest absolute Gasteiger partial charge is 0.468 e. The third-order valence-corrected chi connectivity index (χ3v) is 9.38. The molecule has 0 saturated heterocycles. The number of unbranched alkanes of at least 4 members (excludes halogenated alkanes) is 20. The van der Waals surface area contributed by atoms with Crippen molar-refractivity contribution in [3.63, 3.8) is 0 Å². The summed E-state index contributed by atoms with van der Waals surface area (Å²) in [5.74, 6) is -0.140. The molecule has 0 aromatic carbocycles. The molecular weight excluding hydrogens is 642 g/mol. The zero-order chi connectivity index (χ0) is 36.6. The van der Waals surface area contributed by atoms with E-state index in [1.54, 1.807) is 0 Å². The summed E-state index contributed by atoms with van der Waals surface area (Å²) in [7, 11) is 2.27. The van der Waals surface area contributed by atoms with Gasteiger partial charge in [0.1, 0.15) is 19.3 Å². The number of carbonyl (C=O) groups excluding carboxylic acids is 4. The highest BCUT2D eigenvalue weighted by atomic mass is 32.2. The number of methoxy groups -OCH3 is 1. The molecule has 0 heterocycles. The van der Waals surface area contributed by atoms with Gasteiger partial charge in [0.2, 0.25) is 5.91 Å². The van der Waals surface area contributed by atoms with Gasteiger partial charge in [-0.05, 0) is 19.3 Å². The van der Waals surface area contributed by atoms with Gasteiger partial charge in [0.15, 0.2) is 0 Å². The van der Waals surface area contributed by atoms with Crippen LogP contribution in [0.2, 0.25) is 0 Å². The van der Waals surface area contributed by atoms with Crippen LogP contribution in [0.3, 0.4) is 0 Å². The maximum Gasteiger partial charge on any atom is 0.325 e. The van der Waals surface area contributed by atoms with Gasteiger partial charge in [-0.25, -0.2) is 0 Å². The predicted molar refractivity (Wildman–Crippen MR) is 203 cm³/mol. The Hall–Kier alpha value is -1.81. The second-order valence-corrected chi connectivity index (χ2v) is 14.1. The maximum atomic E-state index is 12.6. The lowest BCUT2D eigenvalue weighted by Crippen LogP contribution is -2.30. The molecule has 0 aliphatic rings. The van der Waals surface area contributed by atoms with E-state index >= 15 is 0 Å². The number of amides is 1. The average molecular weight is 718 g/mol. The van der Waals surface area contributed by atoms with E-state index in [1.807, 2.05) is 0 Å². The summed E-state index contributed by atoms with van der Waals surface area (Å²) in [6.45, 7) is 4.60. The predicted octanol–water partition coefficient (Wildman–Crippen LogP) is 9.25. The molecule has 1 atom stereocenters. The van der Waals surface area contributed by atoms with Gasteiger partial charge in [0.05, 0.1) is 13.5 Å². The number of rotatable bonds is 35. The SMILES string of the molecule is CCCCCCCCCCCCCCCC(=O)OC(CCCCCCCCCCC)CC(=O)OCCSCCC(=O)NCC(=O)OC.CO.